The topological polar surface area (TPSA) is 41.5 Å². The largest absolute Gasteiger partial charge is 0.271 e. The Morgan fingerprint density at radius 2 is 1.20 bits per heavy atom. The van der Waals surface area contributed by atoms with Gasteiger partial charge in [-0.2, -0.15) is 5.10 Å². The maximum atomic E-state index is 12.4. The molecule has 0 saturated heterocycles. The Bertz CT molecular complexity index is 807. The van der Waals surface area contributed by atoms with Gasteiger partial charge in [-0.3, -0.25) is 4.79 Å². The molecule has 3 rings (SSSR count). The Hall–Kier alpha value is -2.91. The van der Waals surface area contributed by atoms with E-state index in [1.807, 2.05) is 91.0 Å². The lowest BCUT2D eigenvalue weighted by Gasteiger charge is -2.10. The summed E-state index contributed by atoms with van der Waals surface area (Å²) in [6.45, 7) is 0. The van der Waals surface area contributed by atoms with Crippen molar-refractivity contribution in [3.8, 4) is 0 Å². The van der Waals surface area contributed by atoms with Crippen molar-refractivity contribution in [1.82, 2.24) is 5.43 Å². The molecule has 3 aromatic carbocycles. The first-order chi connectivity index (χ1) is 12.3. The predicted molar refractivity (Wildman–Crippen MR) is 102 cm³/mol. The molecular formula is C21H17ClN2O. The molecule has 0 bridgehead atoms. The molecule has 1 atom stereocenters. The summed E-state index contributed by atoms with van der Waals surface area (Å²) in [5.74, 6) is -0.364. The van der Waals surface area contributed by atoms with Crippen LogP contribution in [0, 0.1) is 0 Å². The van der Waals surface area contributed by atoms with Crippen molar-refractivity contribution < 1.29 is 4.79 Å². The second-order valence-electron chi connectivity index (χ2n) is 5.44. The molecule has 3 aromatic rings. The summed E-state index contributed by atoms with van der Waals surface area (Å²) in [5.41, 5.74) is 5.85. The summed E-state index contributed by atoms with van der Waals surface area (Å²) in [7, 11) is 0. The molecule has 25 heavy (non-hydrogen) atoms. The molecular weight excluding hydrogens is 332 g/mol. The third kappa shape index (κ3) is 4.34. The van der Waals surface area contributed by atoms with Crippen molar-refractivity contribution in [2.75, 3.05) is 0 Å². The van der Waals surface area contributed by atoms with Gasteiger partial charge in [0.15, 0.2) is 0 Å². The number of benzene rings is 3. The van der Waals surface area contributed by atoms with E-state index in [0.717, 1.165) is 16.7 Å². The van der Waals surface area contributed by atoms with Gasteiger partial charge in [0.1, 0.15) is 5.38 Å². The molecule has 0 fully saturated rings. The molecule has 0 aliphatic carbocycles. The van der Waals surface area contributed by atoms with Gasteiger partial charge >= 0.3 is 0 Å². The first-order valence-electron chi connectivity index (χ1n) is 7.93. The van der Waals surface area contributed by atoms with Crippen LogP contribution in [0.3, 0.4) is 0 Å². The fraction of sp³-hybridized carbons (Fsp3) is 0.0476. The molecule has 0 radical (unpaired) electrons. The van der Waals surface area contributed by atoms with Crippen molar-refractivity contribution in [1.29, 1.82) is 0 Å². The molecule has 1 amide bonds. The van der Waals surface area contributed by atoms with Crippen LogP contribution in [0.5, 0.6) is 0 Å². The molecule has 0 aliphatic heterocycles. The Balaban J connectivity index is 1.85. The summed E-state index contributed by atoms with van der Waals surface area (Å²) in [5, 5.41) is 3.55. The van der Waals surface area contributed by atoms with Gasteiger partial charge < -0.3 is 0 Å². The van der Waals surface area contributed by atoms with Gasteiger partial charge in [0.2, 0.25) is 0 Å². The minimum absolute atomic E-state index is 0.364. The van der Waals surface area contributed by atoms with Crippen LogP contribution in [0.25, 0.3) is 0 Å². The molecule has 0 heterocycles. The Morgan fingerprint density at radius 1 is 0.760 bits per heavy atom. The Morgan fingerprint density at radius 3 is 1.68 bits per heavy atom. The lowest BCUT2D eigenvalue weighted by Crippen LogP contribution is -2.24. The van der Waals surface area contributed by atoms with Gasteiger partial charge in [-0.05, 0) is 5.56 Å². The lowest BCUT2D eigenvalue weighted by molar-refractivity contribution is -0.120. The zero-order chi connectivity index (χ0) is 17.5. The second kappa shape index (κ2) is 8.27. The Kier molecular flexibility index (Phi) is 5.60. The number of hydrazone groups is 1. The van der Waals surface area contributed by atoms with Crippen molar-refractivity contribution in [3.63, 3.8) is 0 Å². The van der Waals surface area contributed by atoms with E-state index >= 15 is 0 Å². The van der Waals surface area contributed by atoms with E-state index in [0.29, 0.717) is 5.71 Å². The number of nitrogens with one attached hydrogen (secondary N) is 1. The average Bonchev–Trinajstić information content (AvgIpc) is 2.70. The highest BCUT2D eigenvalue weighted by molar-refractivity contribution is 6.30. The first kappa shape index (κ1) is 16.9. The number of hydrogen-bond acceptors (Lipinski definition) is 2. The van der Waals surface area contributed by atoms with Crippen LogP contribution in [0.4, 0.5) is 0 Å². The number of nitrogens with zero attached hydrogens (tertiary/aromatic N) is 1. The summed E-state index contributed by atoms with van der Waals surface area (Å²) >= 11 is 6.25. The van der Waals surface area contributed by atoms with E-state index in [1.165, 1.54) is 0 Å². The molecule has 1 unspecified atom stereocenters. The highest BCUT2D eigenvalue weighted by atomic mass is 35.5. The summed E-state index contributed by atoms with van der Waals surface area (Å²) < 4.78 is 0. The van der Waals surface area contributed by atoms with Crippen LogP contribution in [0.15, 0.2) is 96.1 Å². The zero-order valence-corrected chi connectivity index (χ0v) is 14.2. The summed E-state index contributed by atoms with van der Waals surface area (Å²) in [4.78, 5) is 12.4. The molecule has 3 nitrogen and oxygen atoms in total. The van der Waals surface area contributed by atoms with Crippen LogP contribution >= 0.6 is 11.6 Å². The minimum atomic E-state index is -0.794. The van der Waals surface area contributed by atoms with Gasteiger partial charge in [-0.15, -0.1) is 11.6 Å². The van der Waals surface area contributed by atoms with Gasteiger partial charge in [0.25, 0.3) is 5.91 Å². The SMILES string of the molecule is O=C(NN=C(c1ccccc1)c1ccccc1)C(Cl)c1ccccc1. The molecule has 0 aliphatic rings. The number of carbonyl (C=O) groups is 1. The fourth-order valence-electron chi connectivity index (χ4n) is 2.43. The number of alkyl halides is 1. The molecule has 0 saturated carbocycles. The van der Waals surface area contributed by atoms with E-state index in [1.54, 1.807) is 0 Å². The fourth-order valence-corrected chi connectivity index (χ4v) is 2.62. The first-order valence-corrected chi connectivity index (χ1v) is 8.37. The smallest absolute Gasteiger partial charge is 0.262 e. The van der Waals surface area contributed by atoms with Gasteiger partial charge in [-0.25, -0.2) is 5.43 Å². The van der Waals surface area contributed by atoms with E-state index < -0.39 is 5.38 Å². The van der Waals surface area contributed by atoms with Gasteiger partial charge in [-0.1, -0.05) is 91.0 Å². The van der Waals surface area contributed by atoms with Crippen LogP contribution in [0.1, 0.15) is 22.1 Å². The normalized spacial score (nSPS) is 11.4. The van der Waals surface area contributed by atoms with E-state index in [4.69, 9.17) is 11.6 Å². The predicted octanol–water partition coefficient (Wildman–Crippen LogP) is 4.54. The maximum absolute atomic E-state index is 12.4. The van der Waals surface area contributed by atoms with Crippen molar-refractivity contribution in [2.24, 2.45) is 5.10 Å². The number of amides is 1. The second-order valence-corrected chi connectivity index (χ2v) is 5.88. The van der Waals surface area contributed by atoms with Crippen molar-refractivity contribution in [3.05, 3.63) is 108 Å². The summed E-state index contributed by atoms with van der Waals surface area (Å²) in [6.07, 6.45) is 0. The minimum Gasteiger partial charge on any atom is -0.271 e. The maximum Gasteiger partial charge on any atom is 0.262 e. The molecule has 124 valence electrons. The lowest BCUT2D eigenvalue weighted by atomic mass is 10.0. The molecule has 4 heteroatoms. The van der Waals surface area contributed by atoms with Gasteiger partial charge in [0, 0.05) is 11.1 Å². The molecule has 0 spiro atoms. The number of hydrogen-bond donors (Lipinski definition) is 1. The van der Waals surface area contributed by atoms with Gasteiger partial charge in [0.05, 0.1) is 5.71 Å². The van der Waals surface area contributed by atoms with E-state index in [9.17, 15) is 4.79 Å². The third-order valence-electron chi connectivity index (χ3n) is 3.69. The number of halogens is 1. The quantitative estimate of drug-likeness (QED) is 0.410. The van der Waals surface area contributed by atoms with E-state index in [2.05, 4.69) is 10.5 Å². The van der Waals surface area contributed by atoms with E-state index in [-0.39, 0.29) is 5.91 Å². The van der Waals surface area contributed by atoms with Crippen LogP contribution < -0.4 is 5.43 Å². The number of rotatable bonds is 5. The van der Waals surface area contributed by atoms with Crippen molar-refractivity contribution >= 4 is 23.2 Å². The number of carbonyl (C=O) groups excluding carboxylic acids is 1. The van der Waals surface area contributed by atoms with Crippen LogP contribution in [-0.2, 0) is 4.79 Å². The zero-order valence-electron chi connectivity index (χ0n) is 13.5. The van der Waals surface area contributed by atoms with Crippen molar-refractivity contribution in [2.45, 2.75) is 5.38 Å². The average molecular weight is 349 g/mol. The summed E-state index contributed by atoms with van der Waals surface area (Å²) in [6, 6.07) is 28.6. The highest BCUT2D eigenvalue weighted by Gasteiger charge is 2.17. The van der Waals surface area contributed by atoms with Crippen LogP contribution in [0.2, 0.25) is 0 Å². The molecule has 1 N–H and O–H groups in total. The third-order valence-corrected chi connectivity index (χ3v) is 4.14. The monoisotopic (exact) mass is 348 g/mol. The highest BCUT2D eigenvalue weighted by Crippen LogP contribution is 2.20. The molecule has 0 aromatic heterocycles. The Labute approximate surface area is 152 Å². The standard InChI is InChI=1S/C21H17ClN2O/c22-19(16-10-4-1-5-11-16)21(25)24-23-20(17-12-6-2-7-13-17)18-14-8-3-9-15-18/h1-15,19H,(H,24,25). The van der Waals surface area contributed by atoms with Crippen LogP contribution in [-0.4, -0.2) is 11.6 Å².